The van der Waals surface area contributed by atoms with Crippen LogP contribution in [0.15, 0.2) is 59.4 Å². The highest BCUT2D eigenvalue weighted by Crippen LogP contribution is 2.15. The number of esters is 1. The molecule has 162 valence electrons. The number of nitrogens with one attached hydrogen (secondary N) is 1. The zero-order valence-corrected chi connectivity index (χ0v) is 17.5. The highest BCUT2D eigenvalue weighted by molar-refractivity contribution is 6.02. The molecule has 1 aromatic heterocycles. The molecule has 0 saturated heterocycles. The van der Waals surface area contributed by atoms with Crippen molar-refractivity contribution in [2.45, 2.75) is 20.4 Å². The van der Waals surface area contributed by atoms with E-state index >= 15 is 0 Å². The largest absolute Gasteiger partial charge is 0.492 e. The first kappa shape index (κ1) is 22.0. The average Bonchev–Trinajstić information content (AvgIpc) is 2.77. The van der Waals surface area contributed by atoms with E-state index in [2.05, 4.69) is 10.4 Å². The molecule has 0 bridgehead atoms. The van der Waals surface area contributed by atoms with Gasteiger partial charge in [0.15, 0.2) is 12.3 Å². The van der Waals surface area contributed by atoms with E-state index in [1.165, 1.54) is 4.68 Å². The molecule has 0 aliphatic heterocycles. The molecule has 0 spiro atoms. The molecular formula is C23H25N3O5. The molecule has 0 saturated carbocycles. The van der Waals surface area contributed by atoms with Gasteiger partial charge in [-0.15, -0.1) is 0 Å². The zero-order chi connectivity index (χ0) is 22.2. The topological polar surface area (TPSA) is 99.5 Å². The summed E-state index contributed by atoms with van der Waals surface area (Å²) in [5.41, 5.74) is -0.256. The van der Waals surface area contributed by atoms with Crippen molar-refractivity contribution in [1.29, 1.82) is 0 Å². The second kappa shape index (κ2) is 10.4. The first-order chi connectivity index (χ1) is 15.0. The maximum atomic E-state index is 12.6. The van der Waals surface area contributed by atoms with Gasteiger partial charge in [-0.1, -0.05) is 50.2 Å². The molecule has 0 aliphatic rings. The molecular weight excluding hydrogens is 398 g/mol. The Hall–Kier alpha value is -3.68. The quantitative estimate of drug-likeness (QED) is 0.419. The standard InChI is InChI=1S/C23H25N3O5/c1-16(2)14-26-22(28)19-11-7-6-10-18(19)21(25-26)23(29)31-15-20(27)24-12-13-30-17-8-4-3-5-9-17/h3-11,16H,12-15H2,1-2H3,(H,24,27). The number of carbonyl (C=O) groups is 2. The molecule has 0 aliphatic carbocycles. The van der Waals surface area contributed by atoms with Gasteiger partial charge in [0.05, 0.1) is 11.9 Å². The van der Waals surface area contributed by atoms with Crippen molar-refractivity contribution in [1.82, 2.24) is 15.1 Å². The van der Waals surface area contributed by atoms with Gasteiger partial charge in [-0.3, -0.25) is 9.59 Å². The number of hydrogen-bond donors (Lipinski definition) is 1. The molecule has 31 heavy (non-hydrogen) atoms. The SMILES string of the molecule is CC(C)Cn1nc(C(=O)OCC(=O)NCCOc2ccccc2)c2ccccc2c1=O. The van der Waals surface area contributed by atoms with Crippen LogP contribution in [-0.4, -0.2) is 41.4 Å². The summed E-state index contributed by atoms with van der Waals surface area (Å²) in [5.74, 6) is -0.342. The number of para-hydroxylation sites is 1. The lowest BCUT2D eigenvalue weighted by atomic mass is 10.1. The predicted octanol–water partition coefficient (Wildman–Crippen LogP) is 2.40. The summed E-state index contributed by atoms with van der Waals surface area (Å²) in [7, 11) is 0. The summed E-state index contributed by atoms with van der Waals surface area (Å²) in [6.45, 7) is 4.37. The van der Waals surface area contributed by atoms with Gasteiger partial charge < -0.3 is 14.8 Å². The lowest BCUT2D eigenvalue weighted by molar-refractivity contribution is -0.124. The number of fused-ring (bicyclic) bond motifs is 1. The fourth-order valence-corrected chi connectivity index (χ4v) is 2.98. The van der Waals surface area contributed by atoms with Gasteiger partial charge in [0.1, 0.15) is 12.4 Å². The van der Waals surface area contributed by atoms with Crippen LogP contribution in [0.4, 0.5) is 0 Å². The van der Waals surface area contributed by atoms with Gasteiger partial charge in [0.25, 0.3) is 11.5 Å². The summed E-state index contributed by atoms with van der Waals surface area (Å²) in [5, 5.41) is 7.61. The number of aromatic nitrogens is 2. The van der Waals surface area contributed by atoms with Crippen molar-refractivity contribution in [3.05, 3.63) is 70.6 Å². The van der Waals surface area contributed by atoms with E-state index in [0.717, 1.165) is 0 Å². The monoisotopic (exact) mass is 423 g/mol. The van der Waals surface area contributed by atoms with Gasteiger partial charge in [0, 0.05) is 11.9 Å². The van der Waals surface area contributed by atoms with Crippen LogP contribution in [0.5, 0.6) is 5.75 Å². The van der Waals surface area contributed by atoms with Crippen molar-refractivity contribution in [3.8, 4) is 5.75 Å². The minimum absolute atomic E-state index is 0.0102. The van der Waals surface area contributed by atoms with E-state index < -0.39 is 18.5 Å². The average molecular weight is 423 g/mol. The Balaban J connectivity index is 1.60. The summed E-state index contributed by atoms with van der Waals surface area (Å²) in [6, 6.07) is 16.0. The Kier molecular flexibility index (Phi) is 7.37. The lowest BCUT2D eigenvalue weighted by Crippen LogP contribution is -2.33. The number of amides is 1. The van der Waals surface area contributed by atoms with Crippen LogP contribution in [0.2, 0.25) is 0 Å². The molecule has 1 N–H and O–H groups in total. The van der Waals surface area contributed by atoms with Crippen molar-refractivity contribution < 1.29 is 19.1 Å². The van der Waals surface area contributed by atoms with Crippen LogP contribution in [0.1, 0.15) is 24.3 Å². The molecule has 3 aromatic rings. The Bertz CT molecular complexity index is 1110. The molecule has 0 unspecified atom stereocenters. The number of hydrogen-bond acceptors (Lipinski definition) is 6. The minimum atomic E-state index is -0.760. The van der Waals surface area contributed by atoms with Gasteiger partial charge in [-0.2, -0.15) is 5.10 Å². The van der Waals surface area contributed by atoms with E-state index in [9.17, 15) is 14.4 Å². The van der Waals surface area contributed by atoms with Crippen LogP contribution in [0, 0.1) is 5.92 Å². The van der Waals surface area contributed by atoms with Crippen molar-refractivity contribution in [2.75, 3.05) is 19.8 Å². The molecule has 0 fully saturated rings. The fourth-order valence-electron chi connectivity index (χ4n) is 2.98. The molecule has 2 aromatic carbocycles. The van der Waals surface area contributed by atoms with E-state index in [1.54, 1.807) is 24.3 Å². The maximum Gasteiger partial charge on any atom is 0.359 e. The lowest BCUT2D eigenvalue weighted by Gasteiger charge is -2.12. The third-order valence-corrected chi connectivity index (χ3v) is 4.37. The normalized spacial score (nSPS) is 10.8. The van der Waals surface area contributed by atoms with Crippen LogP contribution < -0.4 is 15.6 Å². The molecule has 0 radical (unpaired) electrons. The Morgan fingerprint density at radius 1 is 1.03 bits per heavy atom. The van der Waals surface area contributed by atoms with Gasteiger partial charge in [-0.05, 0) is 24.1 Å². The van der Waals surface area contributed by atoms with Gasteiger partial charge >= 0.3 is 5.97 Å². The zero-order valence-electron chi connectivity index (χ0n) is 17.5. The molecule has 3 rings (SSSR count). The number of nitrogens with zero attached hydrogens (tertiary/aromatic N) is 2. The van der Waals surface area contributed by atoms with Gasteiger partial charge in [0.2, 0.25) is 0 Å². The number of ether oxygens (including phenoxy) is 2. The number of benzene rings is 2. The number of rotatable bonds is 9. The molecule has 1 amide bonds. The minimum Gasteiger partial charge on any atom is -0.492 e. The predicted molar refractivity (Wildman–Crippen MR) is 116 cm³/mol. The Morgan fingerprint density at radius 2 is 1.71 bits per heavy atom. The van der Waals surface area contributed by atoms with Gasteiger partial charge in [-0.25, -0.2) is 9.48 Å². The van der Waals surface area contributed by atoms with Crippen LogP contribution in [-0.2, 0) is 16.1 Å². The highest BCUT2D eigenvalue weighted by atomic mass is 16.5. The van der Waals surface area contributed by atoms with Crippen molar-refractivity contribution in [3.63, 3.8) is 0 Å². The summed E-state index contributed by atoms with van der Waals surface area (Å²) in [6.07, 6.45) is 0. The van der Waals surface area contributed by atoms with E-state index in [-0.39, 0.29) is 30.3 Å². The highest BCUT2D eigenvalue weighted by Gasteiger charge is 2.19. The third kappa shape index (κ3) is 5.91. The van der Waals surface area contributed by atoms with Crippen molar-refractivity contribution in [2.24, 2.45) is 5.92 Å². The van der Waals surface area contributed by atoms with E-state index in [4.69, 9.17) is 9.47 Å². The first-order valence-electron chi connectivity index (χ1n) is 10.1. The summed E-state index contributed by atoms with van der Waals surface area (Å²) >= 11 is 0. The third-order valence-electron chi connectivity index (χ3n) is 4.37. The van der Waals surface area contributed by atoms with E-state index in [1.807, 2.05) is 44.2 Å². The molecule has 1 heterocycles. The number of carbonyl (C=O) groups excluding carboxylic acids is 2. The second-order valence-electron chi connectivity index (χ2n) is 7.36. The molecule has 8 heteroatoms. The Labute approximate surface area is 179 Å². The Morgan fingerprint density at radius 3 is 2.42 bits per heavy atom. The second-order valence-corrected chi connectivity index (χ2v) is 7.36. The summed E-state index contributed by atoms with van der Waals surface area (Å²) < 4.78 is 11.9. The maximum absolute atomic E-state index is 12.6. The smallest absolute Gasteiger partial charge is 0.359 e. The first-order valence-corrected chi connectivity index (χ1v) is 10.1. The molecule has 8 nitrogen and oxygen atoms in total. The van der Waals surface area contributed by atoms with Crippen LogP contribution in [0.25, 0.3) is 10.8 Å². The van der Waals surface area contributed by atoms with Crippen molar-refractivity contribution >= 4 is 22.6 Å². The fraction of sp³-hybridized carbons (Fsp3) is 0.304. The summed E-state index contributed by atoms with van der Waals surface area (Å²) in [4.78, 5) is 37.2. The van der Waals surface area contributed by atoms with Crippen LogP contribution >= 0.6 is 0 Å². The molecule has 0 atom stereocenters. The van der Waals surface area contributed by atoms with Crippen LogP contribution in [0.3, 0.4) is 0 Å². The van der Waals surface area contributed by atoms with E-state index in [0.29, 0.717) is 23.1 Å².